The summed E-state index contributed by atoms with van der Waals surface area (Å²) >= 11 is 0. The van der Waals surface area contributed by atoms with E-state index in [0.717, 1.165) is 61.0 Å². The van der Waals surface area contributed by atoms with Gasteiger partial charge in [-0.3, -0.25) is 0 Å². The molecule has 12 rings (SSSR count). The predicted octanol–water partition coefficient (Wildman–Crippen LogP) is 14.0. The van der Waals surface area contributed by atoms with Crippen molar-refractivity contribution in [2.24, 2.45) is 0 Å². The van der Waals surface area contributed by atoms with Crippen LogP contribution >= 0.6 is 0 Å². The molecule has 61 heavy (non-hydrogen) atoms. The van der Waals surface area contributed by atoms with Gasteiger partial charge in [-0.1, -0.05) is 194 Å². The number of benzene rings is 9. The van der Waals surface area contributed by atoms with Gasteiger partial charge in [-0.2, -0.15) is 0 Å². The van der Waals surface area contributed by atoms with E-state index in [4.69, 9.17) is 24.4 Å². The minimum atomic E-state index is -0.543. The zero-order valence-corrected chi connectivity index (χ0v) is 32.9. The van der Waals surface area contributed by atoms with E-state index in [2.05, 4.69) is 164 Å². The van der Waals surface area contributed by atoms with Crippen molar-refractivity contribution < 1.29 is 9.47 Å². The summed E-state index contributed by atoms with van der Waals surface area (Å²) in [5.41, 5.74) is 11.0. The van der Waals surface area contributed by atoms with E-state index < -0.39 is 5.41 Å². The monoisotopic (exact) mass is 781 g/mol. The van der Waals surface area contributed by atoms with Gasteiger partial charge < -0.3 is 9.47 Å². The summed E-state index contributed by atoms with van der Waals surface area (Å²) in [6.07, 6.45) is 0. The Morgan fingerprint density at radius 3 is 1.69 bits per heavy atom. The number of fused-ring (bicyclic) bond motifs is 7. The van der Waals surface area contributed by atoms with Crippen LogP contribution in [0.3, 0.4) is 0 Å². The van der Waals surface area contributed by atoms with Crippen LogP contribution < -0.4 is 9.47 Å². The van der Waals surface area contributed by atoms with Crippen molar-refractivity contribution in [2.75, 3.05) is 0 Å². The Morgan fingerprint density at radius 1 is 0.344 bits per heavy atom. The molecule has 5 heteroatoms. The van der Waals surface area contributed by atoms with Crippen molar-refractivity contribution >= 4 is 10.8 Å². The van der Waals surface area contributed by atoms with Gasteiger partial charge in [-0.25, -0.2) is 15.0 Å². The first-order chi connectivity index (χ1) is 30.2. The fraction of sp³-hybridized carbons (Fsp3) is 0.0179. The standard InChI is InChI=1S/C56H35N3O2/c1-4-18-37(19-5-1)53-57-54(59-55(58-53)44-30-15-20-36-17-10-11-27-42(36)44)39-22-14-21-38(35-39)43-29-16-32-48-51(43)60-49-34-33-47-50(52(49)61-48)45-28-12-13-31-46(45)56(47,40-23-6-2-7-24-40)41-25-8-3-9-26-41/h1-35H. The van der Waals surface area contributed by atoms with Gasteiger partial charge >= 0.3 is 0 Å². The fourth-order valence-electron chi connectivity index (χ4n) is 9.40. The fourth-order valence-corrected chi connectivity index (χ4v) is 9.40. The molecule has 0 atom stereocenters. The minimum absolute atomic E-state index is 0.543. The lowest BCUT2D eigenvalue weighted by Crippen LogP contribution is -2.28. The highest BCUT2D eigenvalue weighted by molar-refractivity contribution is 5.96. The Hall–Kier alpha value is -8.15. The van der Waals surface area contributed by atoms with Crippen molar-refractivity contribution in [1.29, 1.82) is 0 Å². The molecule has 0 saturated carbocycles. The molecule has 0 spiro atoms. The molecular formula is C56H35N3O2. The summed E-state index contributed by atoms with van der Waals surface area (Å²) in [6.45, 7) is 0. The van der Waals surface area contributed by atoms with E-state index >= 15 is 0 Å². The van der Waals surface area contributed by atoms with E-state index in [1.54, 1.807) is 0 Å². The van der Waals surface area contributed by atoms with Gasteiger partial charge in [-0.15, -0.1) is 0 Å². The molecule has 1 aliphatic carbocycles. The van der Waals surface area contributed by atoms with Crippen molar-refractivity contribution in [2.45, 2.75) is 5.41 Å². The molecule has 5 nitrogen and oxygen atoms in total. The lowest BCUT2D eigenvalue weighted by Gasteiger charge is -2.34. The second-order valence-electron chi connectivity index (χ2n) is 15.5. The first kappa shape index (κ1) is 34.9. The Labute approximate surface area is 353 Å². The summed E-state index contributed by atoms with van der Waals surface area (Å²) in [5.74, 6) is 4.52. The van der Waals surface area contributed by atoms with E-state index in [9.17, 15) is 0 Å². The quantitative estimate of drug-likeness (QED) is 0.168. The van der Waals surface area contributed by atoms with Gasteiger partial charge in [0.15, 0.2) is 40.5 Å². The maximum absolute atomic E-state index is 7.03. The molecule has 0 amide bonds. The SMILES string of the molecule is c1ccc(-c2nc(-c3cccc(-c4cccc5c4Oc4ccc6c(c4O5)-c4ccccc4C6(c4ccccc4)c4ccccc4)c3)nc(-c3cccc4ccccc34)n2)cc1. The highest BCUT2D eigenvalue weighted by Crippen LogP contribution is 2.62. The molecule has 2 aliphatic rings. The summed E-state index contributed by atoms with van der Waals surface area (Å²) in [4.78, 5) is 15.2. The topological polar surface area (TPSA) is 57.1 Å². The van der Waals surface area contributed by atoms with Gasteiger partial charge in [0.05, 0.1) is 5.41 Å². The predicted molar refractivity (Wildman–Crippen MR) is 243 cm³/mol. The zero-order valence-electron chi connectivity index (χ0n) is 32.9. The zero-order chi connectivity index (χ0) is 40.3. The maximum Gasteiger partial charge on any atom is 0.178 e. The van der Waals surface area contributed by atoms with Gasteiger partial charge in [0.2, 0.25) is 0 Å². The molecule has 286 valence electrons. The Kier molecular flexibility index (Phi) is 8.00. The number of ether oxygens (including phenoxy) is 2. The highest BCUT2D eigenvalue weighted by Gasteiger charge is 2.48. The lowest BCUT2D eigenvalue weighted by molar-refractivity contribution is 0.361. The van der Waals surface area contributed by atoms with Crippen LogP contribution in [0, 0.1) is 0 Å². The molecular weight excluding hydrogens is 747 g/mol. The normalized spacial score (nSPS) is 13.0. The summed E-state index contributed by atoms with van der Waals surface area (Å²) in [5, 5.41) is 2.21. The van der Waals surface area contributed by atoms with E-state index in [1.165, 1.54) is 16.7 Å². The van der Waals surface area contributed by atoms with Crippen LogP contribution in [0.15, 0.2) is 212 Å². The number of hydrogen-bond acceptors (Lipinski definition) is 5. The molecule has 0 unspecified atom stereocenters. The first-order valence-electron chi connectivity index (χ1n) is 20.5. The smallest absolute Gasteiger partial charge is 0.178 e. The second-order valence-corrected chi connectivity index (χ2v) is 15.5. The Bertz CT molecular complexity index is 3270. The molecule has 9 aromatic carbocycles. The van der Waals surface area contributed by atoms with Crippen LogP contribution in [0.5, 0.6) is 23.0 Å². The van der Waals surface area contributed by atoms with Crippen molar-refractivity contribution in [3.63, 3.8) is 0 Å². The lowest BCUT2D eigenvalue weighted by atomic mass is 9.68. The molecule has 0 fully saturated rings. The molecule has 1 aromatic heterocycles. The van der Waals surface area contributed by atoms with Crippen molar-refractivity contribution in [3.8, 4) is 79.4 Å². The van der Waals surface area contributed by atoms with Crippen LogP contribution in [0.2, 0.25) is 0 Å². The first-order valence-corrected chi connectivity index (χ1v) is 20.5. The average Bonchev–Trinajstić information content (AvgIpc) is 3.65. The molecule has 2 heterocycles. The molecule has 0 saturated heterocycles. The molecule has 0 N–H and O–H groups in total. The van der Waals surface area contributed by atoms with Gasteiger partial charge in [-0.05, 0) is 62.4 Å². The number of hydrogen-bond donors (Lipinski definition) is 0. The molecule has 10 aromatic rings. The van der Waals surface area contributed by atoms with Gasteiger partial charge in [0.1, 0.15) is 0 Å². The minimum Gasteiger partial charge on any atom is -0.449 e. The summed E-state index contributed by atoms with van der Waals surface area (Å²) < 4.78 is 14.0. The van der Waals surface area contributed by atoms with E-state index in [1.807, 2.05) is 48.5 Å². The Morgan fingerprint density at radius 2 is 0.885 bits per heavy atom. The Balaban J connectivity index is 0.976. The third-order valence-corrected chi connectivity index (χ3v) is 12.1. The van der Waals surface area contributed by atoms with Crippen LogP contribution in [-0.2, 0) is 5.41 Å². The van der Waals surface area contributed by atoms with Gasteiger partial charge in [0, 0.05) is 27.8 Å². The molecule has 1 aliphatic heterocycles. The molecule has 0 bridgehead atoms. The van der Waals surface area contributed by atoms with E-state index in [0.29, 0.717) is 34.7 Å². The van der Waals surface area contributed by atoms with E-state index in [-0.39, 0.29) is 0 Å². The molecule has 0 radical (unpaired) electrons. The third-order valence-electron chi connectivity index (χ3n) is 12.1. The third kappa shape index (κ3) is 5.52. The van der Waals surface area contributed by atoms with Crippen LogP contribution in [0.4, 0.5) is 0 Å². The van der Waals surface area contributed by atoms with Crippen molar-refractivity contribution in [1.82, 2.24) is 15.0 Å². The van der Waals surface area contributed by atoms with Crippen LogP contribution in [-0.4, -0.2) is 15.0 Å². The van der Waals surface area contributed by atoms with Crippen LogP contribution in [0.1, 0.15) is 22.3 Å². The number of rotatable bonds is 6. The summed E-state index contributed by atoms with van der Waals surface area (Å²) in [6, 6.07) is 73.6. The number of para-hydroxylation sites is 1. The second kappa shape index (κ2) is 14.0. The highest BCUT2D eigenvalue weighted by atomic mass is 16.6. The summed E-state index contributed by atoms with van der Waals surface area (Å²) in [7, 11) is 0. The largest absolute Gasteiger partial charge is 0.449 e. The van der Waals surface area contributed by atoms with Gasteiger partial charge in [0.25, 0.3) is 0 Å². The van der Waals surface area contributed by atoms with Crippen molar-refractivity contribution in [3.05, 3.63) is 235 Å². The van der Waals surface area contributed by atoms with Crippen LogP contribution in [0.25, 0.3) is 67.2 Å². The number of aromatic nitrogens is 3. The average molecular weight is 782 g/mol. The number of nitrogens with zero attached hydrogens (tertiary/aromatic N) is 3. The maximum atomic E-state index is 7.03.